The van der Waals surface area contributed by atoms with E-state index in [-0.39, 0.29) is 0 Å². The Bertz CT molecular complexity index is 144. The van der Waals surface area contributed by atoms with Crippen LogP contribution in [0, 0.1) is 0 Å². The first kappa shape index (κ1) is 7.00. The van der Waals surface area contributed by atoms with Crippen LogP contribution in [0.2, 0.25) is 0 Å². The molecule has 0 saturated heterocycles. The zero-order valence-electron chi connectivity index (χ0n) is 3.36. The van der Waals surface area contributed by atoms with Crippen molar-refractivity contribution in [2.45, 2.75) is 0 Å². The summed E-state index contributed by atoms with van der Waals surface area (Å²) in [6, 6.07) is 0. The summed E-state index contributed by atoms with van der Waals surface area (Å²) in [5, 5.41) is 0.667. The number of hydrogen-bond donors (Lipinski definition) is 1. The zero-order chi connectivity index (χ0) is 5.91. The van der Waals surface area contributed by atoms with Gasteiger partial charge in [0.15, 0.2) is 0 Å². The Morgan fingerprint density at radius 1 is 1.71 bits per heavy atom. The predicted molar refractivity (Wildman–Crippen MR) is 29.2 cm³/mol. The topological polar surface area (TPSA) is 43.4 Å². The van der Waals surface area contributed by atoms with Crippen LogP contribution in [0.5, 0.6) is 0 Å². The summed E-state index contributed by atoms with van der Waals surface area (Å²) in [4.78, 5) is 0. The summed E-state index contributed by atoms with van der Waals surface area (Å²) in [5.74, 6) is 0. The summed E-state index contributed by atoms with van der Waals surface area (Å²) < 4.78 is 23.5. The molecule has 3 nitrogen and oxygen atoms in total. The molecule has 0 radical (unpaired) electrons. The van der Waals surface area contributed by atoms with Crippen molar-refractivity contribution in [3.63, 3.8) is 0 Å². The number of thiol groups is 1. The third-order valence-electron chi connectivity index (χ3n) is 0.308. The number of rotatable bonds is 2. The van der Waals surface area contributed by atoms with Crippen LogP contribution in [-0.2, 0) is 13.7 Å². The average molecular weight is 140 g/mol. The molecular formula is C2H4O3S2. The molecule has 0 aromatic heterocycles. The maximum absolute atomic E-state index is 9.95. The van der Waals surface area contributed by atoms with Crippen molar-refractivity contribution >= 4 is 23.0 Å². The Morgan fingerprint density at radius 3 is 2.14 bits per heavy atom. The lowest BCUT2D eigenvalue weighted by Crippen LogP contribution is -1.89. The summed E-state index contributed by atoms with van der Waals surface area (Å²) in [7, 11) is -3.53. The molecule has 0 heterocycles. The van der Waals surface area contributed by atoms with Gasteiger partial charge in [-0.25, -0.2) is 0 Å². The van der Waals surface area contributed by atoms with Crippen molar-refractivity contribution in [2.24, 2.45) is 0 Å². The Hall–Kier alpha value is -0.0000000000000000555. The fraction of sp³-hybridized carbons (Fsp3) is 0. The van der Waals surface area contributed by atoms with Gasteiger partial charge in [0, 0.05) is 0 Å². The lowest BCUT2D eigenvalue weighted by molar-refractivity contribution is 0.533. The van der Waals surface area contributed by atoms with Gasteiger partial charge < -0.3 is 0 Å². The zero-order valence-corrected chi connectivity index (χ0v) is 5.08. The third-order valence-corrected chi connectivity index (χ3v) is 1.55. The second-order valence-electron chi connectivity index (χ2n) is 0.734. The van der Waals surface area contributed by atoms with Gasteiger partial charge in [0.25, 0.3) is 10.1 Å². The minimum atomic E-state index is -3.53. The van der Waals surface area contributed by atoms with Crippen molar-refractivity contribution in [3.8, 4) is 0 Å². The van der Waals surface area contributed by atoms with E-state index in [1.165, 1.54) is 0 Å². The van der Waals surface area contributed by atoms with Gasteiger partial charge in [-0.05, 0) is 12.9 Å². The highest BCUT2D eigenvalue weighted by atomic mass is 32.3. The Balaban J connectivity index is 4.17. The second-order valence-corrected chi connectivity index (χ2v) is 2.65. The second kappa shape index (κ2) is 2.34. The molecule has 0 aromatic carbocycles. The minimum Gasteiger partial charge on any atom is -0.198 e. The van der Waals surface area contributed by atoms with E-state index >= 15 is 0 Å². The molecule has 0 aliphatic heterocycles. The van der Waals surface area contributed by atoms with E-state index in [9.17, 15) is 8.42 Å². The van der Waals surface area contributed by atoms with Gasteiger partial charge in [0.05, 0.1) is 5.41 Å². The van der Waals surface area contributed by atoms with Crippen molar-refractivity contribution in [1.82, 2.24) is 0 Å². The maximum Gasteiger partial charge on any atom is 0.299 e. The molecule has 0 fully saturated rings. The van der Waals surface area contributed by atoms with Gasteiger partial charge in [0.2, 0.25) is 0 Å². The SMILES string of the molecule is C=CS(=O)(=O)OS. The van der Waals surface area contributed by atoms with Crippen LogP contribution >= 0.6 is 12.9 Å². The largest absolute Gasteiger partial charge is 0.299 e. The number of hydrogen-bond acceptors (Lipinski definition) is 4. The van der Waals surface area contributed by atoms with E-state index in [1.807, 2.05) is 0 Å². The molecular weight excluding hydrogens is 136 g/mol. The van der Waals surface area contributed by atoms with E-state index < -0.39 is 10.1 Å². The van der Waals surface area contributed by atoms with Crippen molar-refractivity contribution in [2.75, 3.05) is 0 Å². The normalized spacial score (nSPS) is 11.0. The average Bonchev–Trinajstić information content (AvgIpc) is 1.68. The highest BCUT2D eigenvalue weighted by Gasteiger charge is 1.97. The molecule has 0 bridgehead atoms. The van der Waals surface area contributed by atoms with Crippen molar-refractivity contribution in [3.05, 3.63) is 12.0 Å². The van der Waals surface area contributed by atoms with Crippen LogP contribution in [0.15, 0.2) is 12.0 Å². The lowest BCUT2D eigenvalue weighted by atomic mass is 11.3. The Morgan fingerprint density at radius 2 is 2.14 bits per heavy atom. The third kappa shape index (κ3) is 2.67. The molecule has 0 aliphatic rings. The summed E-state index contributed by atoms with van der Waals surface area (Å²) >= 11 is 3.02. The monoisotopic (exact) mass is 140 g/mol. The fourth-order valence-electron chi connectivity index (χ4n) is 0.0304. The van der Waals surface area contributed by atoms with Gasteiger partial charge in [-0.3, -0.25) is 0 Å². The molecule has 0 spiro atoms. The van der Waals surface area contributed by atoms with E-state index in [1.54, 1.807) is 0 Å². The molecule has 0 aliphatic carbocycles. The Labute approximate surface area is 47.7 Å². The van der Waals surface area contributed by atoms with Crippen LogP contribution < -0.4 is 0 Å². The van der Waals surface area contributed by atoms with Crippen LogP contribution in [-0.4, -0.2) is 8.42 Å². The first-order valence-corrected chi connectivity index (χ1v) is 3.16. The molecule has 0 amide bonds. The molecule has 0 unspecified atom stereocenters. The summed E-state index contributed by atoms with van der Waals surface area (Å²) in [6.45, 7) is 2.94. The Kier molecular flexibility index (Phi) is 2.34. The minimum absolute atomic E-state index is 0.667. The molecule has 5 heteroatoms. The summed E-state index contributed by atoms with van der Waals surface area (Å²) in [6.07, 6.45) is 0. The van der Waals surface area contributed by atoms with Gasteiger partial charge in [-0.1, -0.05) is 6.58 Å². The van der Waals surface area contributed by atoms with Crippen LogP contribution in [0.1, 0.15) is 0 Å². The van der Waals surface area contributed by atoms with Gasteiger partial charge >= 0.3 is 0 Å². The predicted octanol–water partition coefficient (Wildman–Crippen LogP) is 0.321. The van der Waals surface area contributed by atoms with Gasteiger partial charge in [0.1, 0.15) is 0 Å². The van der Waals surface area contributed by atoms with Crippen LogP contribution in [0.4, 0.5) is 0 Å². The summed E-state index contributed by atoms with van der Waals surface area (Å²) in [5.41, 5.74) is 0. The maximum atomic E-state index is 9.95. The van der Waals surface area contributed by atoms with E-state index in [0.29, 0.717) is 5.41 Å². The lowest BCUT2D eigenvalue weighted by Gasteiger charge is -1.84. The molecule has 0 N–H and O–H groups in total. The first-order chi connectivity index (χ1) is 3.12. The van der Waals surface area contributed by atoms with Crippen LogP contribution in [0.25, 0.3) is 0 Å². The van der Waals surface area contributed by atoms with E-state index in [0.717, 1.165) is 0 Å². The molecule has 0 atom stereocenters. The molecule has 0 aromatic rings. The van der Waals surface area contributed by atoms with Gasteiger partial charge in [-0.15, -0.1) is 0 Å². The smallest absolute Gasteiger partial charge is 0.198 e. The highest BCUT2D eigenvalue weighted by molar-refractivity contribution is 7.97. The molecule has 0 rings (SSSR count). The van der Waals surface area contributed by atoms with Gasteiger partial charge in [-0.2, -0.15) is 12.0 Å². The highest BCUT2D eigenvalue weighted by Crippen LogP contribution is 1.93. The van der Waals surface area contributed by atoms with Crippen molar-refractivity contribution in [1.29, 1.82) is 0 Å². The fourth-order valence-corrected chi connectivity index (χ4v) is 0.274. The molecule has 7 heavy (non-hydrogen) atoms. The molecule has 42 valence electrons. The van der Waals surface area contributed by atoms with Crippen molar-refractivity contribution < 1.29 is 12.0 Å². The van der Waals surface area contributed by atoms with Crippen LogP contribution in [0.3, 0.4) is 0 Å². The first-order valence-electron chi connectivity index (χ1n) is 1.33. The molecule has 0 saturated carbocycles. The quantitative estimate of drug-likeness (QED) is 0.443. The van der Waals surface area contributed by atoms with E-state index in [2.05, 4.69) is 23.1 Å². The standard InChI is InChI=1S/C2H4O3S2/c1-2-7(3,4)5-6/h2,6H,1H2. The van der Waals surface area contributed by atoms with E-state index in [4.69, 9.17) is 0 Å².